The van der Waals surface area contributed by atoms with Gasteiger partial charge in [0, 0.05) is 18.7 Å². The molecule has 0 unspecified atom stereocenters. The third-order valence-electron chi connectivity index (χ3n) is 2.75. The Kier molecular flexibility index (Phi) is 5.70. The summed E-state index contributed by atoms with van der Waals surface area (Å²) in [5.74, 6) is 3.22. The highest BCUT2D eigenvalue weighted by Gasteiger charge is 2.15. The third kappa shape index (κ3) is 5.22. The van der Waals surface area contributed by atoms with Gasteiger partial charge < -0.3 is 15.2 Å². The molecule has 0 fully saturated rings. The lowest BCUT2D eigenvalue weighted by Gasteiger charge is -2.25. The predicted molar refractivity (Wildman–Crippen MR) is 73.4 cm³/mol. The maximum atomic E-state index is 8.95. The van der Waals surface area contributed by atoms with Crippen LogP contribution in [0.3, 0.4) is 0 Å². The normalized spacial score (nSPS) is 11.0. The van der Waals surface area contributed by atoms with Crippen molar-refractivity contribution in [3.63, 3.8) is 0 Å². The zero-order chi connectivity index (χ0) is 13.4. The van der Waals surface area contributed by atoms with E-state index in [1.54, 1.807) is 0 Å². The zero-order valence-corrected chi connectivity index (χ0v) is 11.1. The standard InChI is InChI=1S/C15H21NO2/c1-4-11-18-14-7-5-13(6-8-14)12-16-15(2,3)9-10-17/h1,5-8,16-17H,9-12H2,2-3H3. The van der Waals surface area contributed by atoms with Crippen LogP contribution in [-0.4, -0.2) is 23.9 Å². The van der Waals surface area contributed by atoms with Crippen molar-refractivity contribution in [1.29, 1.82) is 0 Å². The third-order valence-corrected chi connectivity index (χ3v) is 2.75. The molecule has 3 heteroatoms. The lowest BCUT2D eigenvalue weighted by molar-refractivity contribution is 0.230. The number of aliphatic hydroxyl groups is 1. The summed E-state index contributed by atoms with van der Waals surface area (Å²) in [4.78, 5) is 0. The van der Waals surface area contributed by atoms with Gasteiger partial charge in [-0.05, 0) is 38.0 Å². The lowest BCUT2D eigenvalue weighted by atomic mass is 10.0. The molecule has 0 bridgehead atoms. The first kappa shape index (κ1) is 14.6. The van der Waals surface area contributed by atoms with Gasteiger partial charge in [-0.15, -0.1) is 6.42 Å². The van der Waals surface area contributed by atoms with Crippen LogP contribution in [0, 0.1) is 12.3 Å². The second-order valence-electron chi connectivity index (χ2n) is 4.85. The van der Waals surface area contributed by atoms with Crippen LogP contribution in [0.5, 0.6) is 5.75 Å². The van der Waals surface area contributed by atoms with Gasteiger partial charge in [-0.3, -0.25) is 0 Å². The maximum Gasteiger partial charge on any atom is 0.148 e. The average molecular weight is 247 g/mol. The second kappa shape index (κ2) is 7.05. The molecule has 2 N–H and O–H groups in total. The van der Waals surface area contributed by atoms with Crippen molar-refractivity contribution in [2.45, 2.75) is 32.4 Å². The summed E-state index contributed by atoms with van der Waals surface area (Å²) in [5, 5.41) is 12.4. The molecule has 0 amide bonds. The van der Waals surface area contributed by atoms with E-state index in [0.717, 1.165) is 18.7 Å². The van der Waals surface area contributed by atoms with Crippen LogP contribution in [0.25, 0.3) is 0 Å². The van der Waals surface area contributed by atoms with E-state index in [4.69, 9.17) is 16.3 Å². The van der Waals surface area contributed by atoms with Crippen LogP contribution in [0.1, 0.15) is 25.8 Å². The molecule has 0 radical (unpaired) electrons. The monoisotopic (exact) mass is 247 g/mol. The van der Waals surface area contributed by atoms with E-state index in [-0.39, 0.29) is 12.1 Å². The van der Waals surface area contributed by atoms with E-state index in [1.807, 2.05) is 24.3 Å². The number of nitrogens with one attached hydrogen (secondary N) is 1. The van der Waals surface area contributed by atoms with Gasteiger partial charge in [-0.2, -0.15) is 0 Å². The molecular weight excluding hydrogens is 226 g/mol. The largest absolute Gasteiger partial charge is 0.481 e. The molecule has 0 aliphatic rings. The molecule has 0 aromatic heterocycles. The summed E-state index contributed by atoms with van der Waals surface area (Å²) in [6, 6.07) is 7.84. The van der Waals surface area contributed by atoms with E-state index < -0.39 is 0 Å². The molecule has 18 heavy (non-hydrogen) atoms. The SMILES string of the molecule is C#CCOc1ccc(CNC(C)(C)CCO)cc1. The Morgan fingerprint density at radius 1 is 1.33 bits per heavy atom. The van der Waals surface area contributed by atoms with Gasteiger partial charge in [0.15, 0.2) is 0 Å². The van der Waals surface area contributed by atoms with E-state index in [9.17, 15) is 0 Å². The van der Waals surface area contributed by atoms with Crippen molar-refractivity contribution < 1.29 is 9.84 Å². The Morgan fingerprint density at radius 2 is 2.00 bits per heavy atom. The minimum Gasteiger partial charge on any atom is -0.481 e. The van der Waals surface area contributed by atoms with Crippen molar-refractivity contribution in [2.75, 3.05) is 13.2 Å². The molecule has 0 aliphatic carbocycles. The fourth-order valence-corrected chi connectivity index (χ4v) is 1.54. The van der Waals surface area contributed by atoms with Crippen LogP contribution >= 0.6 is 0 Å². The minimum atomic E-state index is -0.0621. The first-order valence-corrected chi connectivity index (χ1v) is 6.08. The van der Waals surface area contributed by atoms with Crippen molar-refractivity contribution in [1.82, 2.24) is 5.32 Å². The number of hydrogen-bond donors (Lipinski definition) is 2. The molecule has 0 saturated carbocycles. The molecule has 0 heterocycles. The molecule has 1 rings (SSSR count). The highest BCUT2D eigenvalue weighted by Crippen LogP contribution is 2.14. The molecule has 1 aromatic rings. The number of benzene rings is 1. The highest BCUT2D eigenvalue weighted by atomic mass is 16.5. The van der Waals surface area contributed by atoms with Gasteiger partial charge in [0.05, 0.1) is 0 Å². The van der Waals surface area contributed by atoms with E-state index in [1.165, 1.54) is 5.56 Å². The number of ether oxygens (including phenoxy) is 1. The Labute approximate surface area is 109 Å². The number of hydrogen-bond acceptors (Lipinski definition) is 3. The Bertz CT molecular complexity index is 390. The molecule has 3 nitrogen and oxygen atoms in total. The van der Waals surface area contributed by atoms with Gasteiger partial charge in [0.25, 0.3) is 0 Å². The summed E-state index contributed by atoms with van der Waals surface area (Å²) in [7, 11) is 0. The first-order chi connectivity index (χ1) is 8.57. The zero-order valence-electron chi connectivity index (χ0n) is 11.1. The summed E-state index contributed by atoms with van der Waals surface area (Å²) < 4.78 is 5.30. The summed E-state index contributed by atoms with van der Waals surface area (Å²) in [6.07, 6.45) is 5.86. The van der Waals surface area contributed by atoms with Crippen molar-refractivity contribution >= 4 is 0 Å². The van der Waals surface area contributed by atoms with Crippen molar-refractivity contribution in [3.05, 3.63) is 29.8 Å². The highest BCUT2D eigenvalue weighted by molar-refractivity contribution is 5.27. The molecule has 0 aliphatic heterocycles. The van der Waals surface area contributed by atoms with Crippen LogP contribution in [0.15, 0.2) is 24.3 Å². The van der Waals surface area contributed by atoms with Gasteiger partial charge in [0.1, 0.15) is 12.4 Å². The number of aliphatic hydroxyl groups excluding tert-OH is 1. The molecular formula is C15H21NO2. The lowest BCUT2D eigenvalue weighted by Crippen LogP contribution is -2.39. The fraction of sp³-hybridized carbons (Fsp3) is 0.467. The predicted octanol–water partition coefficient (Wildman–Crippen LogP) is 1.95. The smallest absolute Gasteiger partial charge is 0.148 e. The Balaban J connectivity index is 2.46. The van der Waals surface area contributed by atoms with Gasteiger partial charge >= 0.3 is 0 Å². The number of terminal acetylenes is 1. The molecule has 0 atom stereocenters. The minimum absolute atomic E-state index is 0.0621. The number of rotatable bonds is 7. The van der Waals surface area contributed by atoms with E-state index >= 15 is 0 Å². The van der Waals surface area contributed by atoms with Crippen molar-refractivity contribution in [2.24, 2.45) is 0 Å². The van der Waals surface area contributed by atoms with Crippen molar-refractivity contribution in [3.8, 4) is 18.1 Å². The first-order valence-electron chi connectivity index (χ1n) is 6.08. The van der Waals surface area contributed by atoms with E-state index in [2.05, 4.69) is 25.1 Å². The quantitative estimate of drug-likeness (QED) is 0.724. The Morgan fingerprint density at radius 3 is 2.56 bits per heavy atom. The molecule has 0 spiro atoms. The second-order valence-corrected chi connectivity index (χ2v) is 4.85. The van der Waals surface area contributed by atoms with E-state index in [0.29, 0.717) is 6.61 Å². The maximum absolute atomic E-state index is 8.95. The van der Waals surface area contributed by atoms with Crippen LogP contribution < -0.4 is 10.1 Å². The van der Waals surface area contributed by atoms with Gasteiger partial charge in [-0.1, -0.05) is 18.1 Å². The molecule has 0 saturated heterocycles. The van der Waals surface area contributed by atoms with Crippen LogP contribution in [0.4, 0.5) is 0 Å². The van der Waals surface area contributed by atoms with Crippen LogP contribution in [-0.2, 0) is 6.54 Å². The van der Waals surface area contributed by atoms with Gasteiger partial charge in [0.2, 0.25) is 0 Å². The molecule has 1 aromatic carbocycles. The molecule has 98 valence electrons. The Hall–Kier alpha value is -1.50. The fourth-order valence-electron chi connectivity index (χ4n) is 1.54. The average Bonchev–Trinajstić information content (AvgIpc) is 2.35. The van der Waals surface area contributed by atoms with Gasteiger partial charge in [-0.25, -0.2) is 0 Å². The summed E-state index contributed by atoms with van der Waals surface area (Å²) in [6.45, 7) is 5.41. The van der Waals surface area contributed by atoms with Crippen LogP contribution in [0.2, 0.25) is 0 Å². The summed E-state index contributed by atoms with van der Waals surface area (Å²) >= 11 is 0. The summed E-state index contributed by atoms with van der Waals surface area (Å²) in [5.41, 5.74) is 1.11. The topological polar surface area (TPSA) is 41.5 Å².